The zero-order valence-corrected chi connectivity index (χ0v) is 12.5. The first-order valence-corrected chi connectivity index (χ1v) is 7.00. The number of rotatable bonds is 3. The van der Waals surface area contributed by atoms with Gasteiger partial charge in [-0.2, -0.15) is 5.10 Å². The maximum atomic E-state index is 4.53. The molecule has 0 spiro atoms. The second kappa shape index (κ2) is 5.46. The summed E-state index contributed by atoms with van der Waals surface area (Å²) >= 11 is 3.47. The molecule has 0 fully saturated rings. The van der Waals surface area contributed by atoms with Crippen molar-refractivity contribution in [1.82, 2.24) is 9.55 Å². The van der Waals surface area contributed by atoms with E-state index < -0.39 is 0 Å². The molecule has 0 bridgehead atoms. The van der Waals surface area contributed by atoms with Gasteiger partial charge in [-0.25, -0.2) is 4.98 Å². The van der Waals surface area contributed by atoms with Gasteiger partial charge in [-0.15, -0.1) is 0 Å². The quantitative estimate of drug-likeness (QED) is 0.587. The molecule has 0 amide bonds. The van der Waals surface area contributed by atoms with Crippen LogP contribution < -0.4 is 5.43 Å². The zero-order chi connectivity index (χ0) is 13.9. The van der Waals surface area contributed by atoms with Crippen molar-refractivity contribution in [3.8, 4) is 0 Å². The fourth-order valence-electron chi connectivity index (χ4n) is 1.99. The molecule has 0 saturated heterocycles. The number of aryl methyl sites for hydroxylation is 1. The SMILES string of the molecule is Cn1c(C=NNc2ccccc2Br)nc2ccccc21. The van der Waals surface area contributed by atoms with Crippen molar-refractivity contribution in [3.05, 3.63) is 58.8 Å². The summed E-state index contributed by atoms with van der Waals surface area (Å²) in [6.45, 7) is 0. The Kier molecular flexibility index (Phi) is 3.52. The van der Waals surface area contributed by atoms with Crippen molar-refractivity contribution < 1.29 is 0 Å². The van der Waals surface area contributed by atoms with Gasteiger partial charge in [0.05, 0.1) is 22.9 Å². The number of para-hydroxylation sites is 3. The number of hydrogen-bond donors (Lipinski definition) is 1. The van der Waals surface area contributed by atoms with Crippen molar-refractivity contribution in [1.29, 1.82) is 0 Å². The lowest BCUT2D eigenvalue weighted by molar-refractivity contribution is 0.934. The molecule has 0 aliphatic rings. The third kappa shape index (κ3) is 2.44. The summed E-state index contributed by atoms with van der Waals surface area (Å²) in [6.07, 6.45) is 1.72. The first-order chi connectivity index (χ1) is 9.75. The molecule has 1 aromatic heterocycles. The smallest absolute Gasteiger partial charge is 0.153 e. The van der Waals surface area contributed by atoms with E-state index in [0.29, 0.717) is 0 Å². The fraction of sp³-hybridized carbons (Fsp3) is 0.0667. The molecule has 1 heterocycles. The number of aromatic nitrogens is 2. The third-order valence-electron chi connectivity index (χ3n) is 3.06. The Hall–Kier alpha value is -2.14. The van der Waals surface area contributed by atoms with E-state index in [-0.39, 0.29) is 0 Å². The van der Waals surface area contributed by atoms with E-state index in [1.807, 2.05) is 60.1 Å². The van der Waals surface area contributed by atoms with Crippen LogP contribution >= 0.6 is 15.9 Å². The number of fused-ring (bicyclic) bond motifs is 1. The minimum absolute atomic E-state index is 0.811. The third-order valence-corrected chi connectivity index (χ3v) is 3.75. The largest absolute Gasteiger partial charge is 0.326 e. The van der Waals surface area contributed by atoms with Gasteiger partial charge < -0.3 is 4.57 Å². The van der Waals surface area contributed by atoms with E-state index in [4.69, 9.17) is 0 Å². The van der Waals surface area contributed by atoms with E-state index in [0.717, 1.165) is 27.0 Å². The van der Waals surface area contributed by atoms with Crippen LogP contribution in [-0.4, -0.2) is 15.8 Å². The molecule has 0 aliphatic carbocycles. The Labute approximate surface area is 125 Å². The maximum absolute atomic E-state index is 4.53. The van der Waals surface area contributed by atoms with Crippen LogP contribution in [0.2, 0.25) is 0 Å². The van der Waals surface area contributed by atoms with Crippen LogP contribution in [-0.2, 0) is 7.05 Å². The average Bonchev–Trinajstić information content (AvgIpc) is 2.78. The molecule has 0 unspecified atom stereocenters. The topological polar surface area (TPSA) is 42.2 Å². The summed E-state index contributed by atoms with van der Waals surface area (Å²) in [4.78, 5) is 4.53. The van der Waals surface area contributed by atoms with Gasteiger partial charge in [-0.3, -0.25) is 5.43 Å². The lowest BCUT2D eigenvalue weighted by Gasteiger charge is -2.02. The van der Waals surface area contributed by atoms with Gasteiger partial charge in [-0.05, 0) is 40.2 Å². The summed E-state index contributed by atoms with van der Waals surface area (Å²) in [5, 5.41) is 4.24. The highest BCUT2D eigenvalue weighted by molar-refractivity contribution is 9.10. The first kappa shape index (κ1) is 12.9. The molecule has 3 rings (SSSR count). The Morgan fingerprint density at radius 3 is 2.70 bits per heavy atom. The van der Waals surface area contributed by atoms with Gasteiger partial charge in [0.2, 0.25) is 0 Å². The molecule has 20 heavy (non-hydrogen) atoms. The molecule has 0 radical (unpaired) electrons. The van der Waals surface area contributed by atoms with Gasteiger partial charge in [0.15, 0.2) is 5.82 Å². The van der Waals surface area contributed by atoms with Crippen LogP contribution in [0.4, 0.5) is 5.69 Å². The molecular formula is C15H13BrN4. The highest BCUT2D eigenvalue weighted by Gasteiger charge is 2.04. The Morgan fingerprint density at radius 2 is 1.90 bits per heavy atom. The van der Waals surface area contributed by atoms with Gasteiger partial charge in [0.1, 0.15) is 0 Å². The van der Waals surface area contributed by atoms with Gasteiger partial charge in [0.25, 0.3) is 0 Å². The average molecular weight is 329 g/mol. The molecule has 100 valence electrons. The Morgan fingerprint density at radius 1 is 1.15 bits per heavy atom. The Bertz CT molecular complexity index is 776. The second-order valence-corrected chi connectivity index (χ2v) is 5.22. The lowest BCUT2D eigenvalue weighted by Crippen LogP contribution is -1.98. The Balaban J connectivity index is 1.84. The van der Waals surface area contributed by atoms with Crippen LogP contribution in [0.3, 0.4) is 0 Å². The van der Waals surface area contributed by atoms with Crippen molar-refractivity contribution in [3.63, 3.8) is 0 Å². The van der Waals surface area contributed by atoms with Crippen molar-refractivity contribution in [2.24, 2.45) is 12.1 Å². The molecule has 3 aromatic rings. The van der Waals surface area contributed by atoms with E-state index in [1.165, 1.54) is 0 Å². The van der Waals surface area contributed by atoms with Crippen LogP contribution in [0.1, 0.15) is 5.82 Å². The van der Waals surface area contributed by atoms with Crippen molar-refractivity contribution >= 4 is 38.9 Å². The minimum atomic E-state index is 0.811. The summed E-state index contributed by atoms with van der Waals surface area (Å²) < 4.78 is 2.99. The lowest BCUT2D eigenvalue weighted by atomic mass is 10.3. The number of nitrogens with zero attached hydrogens (tertiary/aromatic N) is 3. The molecule has 1 N–H and O–H groups in total. The van der Waals surface area contributed by atoms with Crippen molar-refractivity contribution in [2.75, 3.05) is 5.43 Å². The predicted octanol–water partition coefficient (Wildman–Crippen LogP) is 3.78. The van der Waals surface area contributed by atoms with Crippen LogP contribution in [0.15, 0.2) is 58.1 Å². The highest BCUT2D eigenvalue weighted by atomic mass is 79.9. The summed E-state index contributed by atoms with van der Waals surface area (Å²) in [7, 11) is 1.98. The first-order valence-electron chi connectivity index (χ1n) is 6.21. The summed E-state index contributed by atoms with van der Waals surface area (Å²) in [6, 6.07) is 15.9. The summed E-state index contributed by atoms with van der Waals surface area (Å²) in [5.41, 5.74) is 5.98. The predicted molar refractivity (Wildman–Crippen MR) is 86.1 cm³/mol. The molecule has 5 heteroatoms. The number of anilines is 1. The van der Waals surface area contributed by atoms with Gasteiger partial charge in [-0.1, -0.05) is 24.3 Å². The van der Waals surface area contributed by atoms with Gasteiger partial charge in [0, 0.05) is 11.5 Å². The number of hydrazone groups is 1. The second-order valence-electron chi connectivity index (χ2n) is 4.37. The minimum Gasteiger partial charge on any atom is -0.326 e. The van der Waals surface area contributed by atoms with Crippen LogP contribution in [0.5, 0.6) is 0 Å². The fourth-order valence-corrected chi connectivity index (χ4v) is 2.36. The number of nitrogens with one attached hydrogen (secondary N) is 1. The number of halogens is 1. The highest BCUT2D eigenvalue weighted by Crippen LogP contribution is 2.21. The van der Waals surface area contributed by atoms with Crippen molar-refractivity contribution in [2.45, 2.75) is 0 Å². The summed E-state index contributed by atoms with van der Waals surface area (Å²) in [5.74, 6) is 0.811. The monoisotopic (exact) mass is 328 g/mol. The van der Waals surface area contributed by atoms with E-state index in [9.17, 15) is 0 Å². The van der Waals surface area contributed by atoms with Crippen LogP contribution in [0, 0.1) is 0 Å². The standard InChI is InChI=1S/C15H13BrN4/c1-20-14-9-5-4-8-13(14)18-15(20)10-17-19-12-7-3-2-6-11(12)16/h2-10,19H,1H3. The molecule has 0 aliphatic heterocycles. The maximum Gasteiger partial charge on any atom is 0.153 e. The number of hydrogen-bond acceptors (Lipinski definition) is 3. The van der Waals surface area contributed by atoms with E-state index in [2.05, 4.69) is 31.4 Å². The van der Waals surface area contributed by atoms with E-state index >= 15 is 0 Å². The number of imidazole rings is 1. The normalized spacial score (nSPS) is 11.3. The van der Waals surface area contributed by atoms with Crippen LogP contribution in [0.25, 0.3) is 11.0 Å². The molecular weight excluding hydrogens is 316 g/mol. The molecule has 0 saturated carbocycles. The molecule has 4 nitrogen and oxygen atoms in total. The number of benzene rings is 2. The molecule has 2 aromatic carbocycles. The van der Waals surface area contributed by atoms with E-state index in [1.54, 1.807) is 6.21 Å². The van der Waals surface area contributed by atoms with Gasteiger partial charge >= 0.3 is 0 Å². The molecule has 0 atom stereocenters. The zero-order valence-electron chi connectivity index (χ0n) is 10.9.